The molecule has 0 aliphatic carbocycles. The lowest BCUT2D eigenvalue weighted by atomic mass is 10.1. The first kappa shape index (κ1) is 34.9. The highest BCUT2D eigenvalue weighted by molar-refractivity contribution is 7.99. The number of pyridine rings is 1. The Morgan fingerprint density at radius 2 is 1.56 bits per heavy atom. The molecule has 0 saturated heterocycles. The Morgan fingerprint density at radius 1 is 0.927 bits per heavy atom. The molecule has 0 saturated carbocycles. The van der Waals surface area contributed by atoms with Gasteiger partial charge in [0.15, 0.2) is 12.4 Å². The fraction of sp³-hybridized carbons (Fsp3) is 0.333. The molecule has 0 radical (unpaired) electrons. The van der Waals surface area contributed by atoms with Gasteiger partial charge in [-0.2, -0.15) is 38.1 Å². The Morgan fingerprint density at radius 3 is 2.10 bits per heavy atom. The molecule has 224 valence electrons. The van der Waals surface area contributed by atoms with E-state index in [1.165, 1.54) is 6.20 Å². The second-order valence-electron chi connectivity index (χ2n) is 7.85. The number of hydrogen-bond acceptors (Lipinski definition) is 7. The SMILES string of the molecule is O=C(CNC(=O)c1ccccc1)N[C@@H](CCCSCC(=O)C(F)(F)F)C(=O)Nc1ccc[nH+]c1.O=C([O-])C(F)(F)F. The average Bonchev–Trinajstić information content (AvgIpc) is 2.91. The molecule has 0 spiro atoms. The Balaban J connectivity index is 0.00000106. The van der Waals surface area contributed by atoms with Gasteiger partial charge in [0.2, 0.25) is 17.6 Å². The smallest absolute Gasteiger partial charge is 0.450 e. The van der Waals surface area contributed by atoms with E-state index in [9.17, 15) is 45.5 Å². The van der Waals surface area contributed by atoms with Crippen LogP contribution in [0.25, 0.3) is 0 Å². The zero-order valence-electron chi connectivity index (χ0n) is 20.9. The van der Waals surface area contributed by atoms with Gasteiger partial charge in [-0.3, -0.25) is 19.2 Å². The van der Waals surface area contributed by atoms with E-state index in [4.69, 9.17) is 9.90 Å². The number of halogens is 6. The summed E-state index contributed by atoms with van der Waals surface area (Å²) >= 11 is 0.801. The van der Waals surface area contributed by atoms with Crippen molar-refractivity contribution in [2.75, 3.05) is 23.4 Å². The highest BCUT2D eigenvalue weighted by atomic mass is 32.2. The number of benzene rings is 1. The zero-order chi connectivity index (χ0) is 31.1. The van der Waals surface area contributed by atoms with Crippen molar-refractivity contribution in [2.24, 2.45) is 0 Å². The Labute approximate surface area is 233 Å². The largest absolute Gasteiger partial charge is 0.542 e. The van der Waals surface area contributed by atoms with Gasteiger partial charge in [-0.05, 0) is 36.8 Å². The number of carbonyl (C=O) groups excluding carboxylic acids is 5. The standard InChI is InChI=1S/C22H23F3N4O4S.C2HF3O2/c23-22(24,25)18(30)14-34-11-5-9-17(21(33)28-16-8-4-10-26-12-16)29-19(31)13-27-20(32)15-6-2-1-3-7-15;3-2(4,5)1(6)7/h1-4,6-8,10,12,17H,5,9,11,13-14H2,(H,27,32)(H,28,33)(H,29,31);(H,6,7)/t17-;/m0./s1. The third-order valence-corrected chi connectivity index (χ3v) is 5.68. The first-order chi connectivity index (χ1) is 19.1. The number of aromatic nitrogens is 1. The van der Waals surface area contributed by atoms with Crippen molar-refractivity contribution in [1.29, 1.82) is 0 Å². The molecule has 0 aliphatic rings. The molecule has 10 nitrogen and oxygen atoms in total. The van der Waals surface area contributed by atoms with Gasteiger partial charge in [0.05, 0.1) is 12.3 Å². The lowest BCUT2D eigenvalue weighted by Crippen LogP contribution is -2.47. The number of aromatic amines is 1. The van der Waals surface area contributed by atoms with Gasteiger partial charge in [0, 0.05) is 11.6 Å². The molecule has 0 fully saturated rings. The number of carbonyl (C=O) groups is 5. The number of ketones is 1. The summed E-state index contributed by atoms with van der Waals surface area (Å²) in [6, 6.07) is 10.6. The molecule has 1 aromatic heterocycles. The third kappa shape index (κ3) is 14.7. The third-order valence-electron chi connectivity index (χ3n) is 4.63. The van der Waals surface area contributed by atoms with Crippen LogP contribution in [0.1, 0.15) is 23.2 Å². The molecule has 17 heteroatoms. The van der Waals surface area contributed by atoms with Crippen LogP contribution in [0.3, 0.4) is 0 Å². The Kier molecular flexibility index (Phi) is 14.3. The number of carboxylic acid groups (broad SMARTS) is 1. The Bertz CT molecular complexity index is 1170. The molecule has 0 unspecified atom stereocenters. The highest BCUT2D eigenvalue weighted by Gasteiger charge is 2.37. The van der Waals surface area contributed by atoms with E-state index in [0.717, 1.165) is 11.8 Å². The van der Waals surface area contributed by atoms with Gasteiger partial charge in [-0.25, -0.2) is 4.98 Å². The number of hydrogen-bond donors (Lipinski definition) is 3. The van der Waals surface area contributed by atoms with Crippen molar-refractivity contribution in [1.82, 2.24) is 10.6 Å². The summed E-state index contributed by atoms with van der Waals surface area (Å²) in [7, 11) is 0. The topological polar surface area (TPSA) is 159 Å². The van der Waals surface area contributed by atoms with Crippen LogP contribution < -0.4 is 26.0 Å². The molecule has 2 aromatic rings. The first-order valence-electron chi connectivity index (χ1n) is 11.5. The van der Waals surface area contributed by atoms with Crippen molar-refractivity contribution in [3.05, 3.63) is 60.4 Å². The summed E-state index contributed by atoms with van der Waals surface area (Å²) in [5, 5.41) is 16.4. The fourth-order valence-electron chi connectivity index (χ4n) is 2.70. The highest BCUT2D eigenvalue weighted by Crippen LogP contribution is 2.19. The summed E-state index contributed by atoms with van der Waals surface area (Å²) in [5.74, 6) is -6.95. The van der Waals surface area contributed by atoms with Gasteiger partial charge >= 0.3 is 12.4 Å². The van der Waals surface area contributed by atoms with E-state index >= 15 is 0 Å². The van der Waals surface area contributed by atoms with Crippen LogP contribution in [-0.4, -0.2) is 65.9 Å². The van der Waals surface area contributed by atoms with E-state index in [1.807, 2.05) is 0 Å². The van der Waals surface area contributed by atoms with E-state index in [-0.39, 0.29) is 25.1 Å². The molecule has 4 N–H and O–H groups in total. The number of rotatable bonds is 12. The Hall–Kier alpha value is -4.15. The van der Waals surface area contributed by atoms with Crippen molar-refractivity contribution >= 4 is 46.9 Å². The van der Waals surface area contributed by atoms with Crippen LogP contribution in [0.15, 0.2) is 54.9 Å². The predicted molar refractivity (Wildman–Crippen MR) is 131 cm³/mol. The molecular weight excluding hydrogens is 586 g/mol. The summed E-state index contributed by atoms with van der Waals surface area (Å²) < 4.78 is 68.4. The van der Waals surface area contributed by atoms with Crippen LogP contribution in [0.4, 0.5) is 32.0 Å². The quantitative estimate of drug-likeness (QED) is 0.241. The molecule has 3 amide bonds. The molecule has 2 rings (SSSR count). The van der Waals surface area contributed by atoms with E-state index in [0.29, 0.717) is 11.3 Å². The fourth-order valence-corrected chi connectivity index (χ4v) is 3.57. The molecule has 41 heavy (non-hydrogen) atoms. The molecular formula is C24H24F6N4O6S. The summed E-state index contributed by atoms with van der Waals surface area (Å²) in [4.78, 5) is 59.6. The van der Waals surface area contributed by atoms with E-state index in [2.05, 4.69) is 20.9 Å². The maximum Gasteiger partial charge on any atom is 0.450 e. The maximum atomic E-state index is 12.7. The monoisotopic (exact) mass is 610 g/mol. The minimum absolute atomic E-state index is 0.119. The van der Waals surface area contributed by atoms with Gasteiger partial charge in [0.1, 0.15) is 17.7 Å². The minimum Gasteiger partial charge on any atom is -0.542 e. The molecule has 1 aromatic carbocycles. The molecule has 0 aliphatic heterocycles. The normalized spacial score (nSPS) is 11.8. The molecule has 1 heterocycles. The number of Topliss-reactive ketones (excluding diaryl/α,β-unsaturated/α-hetero) is 1. The average molecular weight is 611 g/mol. The van der Waals surface area contributed by atoms with E-state index < -0.39 is 53.6 Å². The summed E-state index contributed by atoms with van der Waals surface area (Å²) in [6.45, 7) is -0.370. The number of alkyl halides is 6. The van der Waals surface area contributed by atoms with Crippen LogP contribution in [0.5, 0.6) is 0 Å². The zero-order valence-corrected chi connectivity index (χ0v) is 21.8. The number of aliphatic carboxylic acids is 1. The van der Waals surface area contributed by atoms with Crippen molar-refractivity contribution < 1.29 is 60.4 Å². The maximum absolute atomic E-state index is 12.7. The van der Waals surface area contributed by atoms with Gasteiger partial charge in [0.25, 0.3) is 5.91 Å². The van der Waals surface area contributed by atoms with Crippen LogP contribution >= 0.6 is 11.8 Å². The second kappa shape index (κ2) is 16.8. The predicted octanol–water partition coefficient (Wildman–Crippen LogP) is 1.30. The lowest BCUT2D eigenvalue weighted by molar-refractivity contribution is -0.377. The van der Waals surface area contributed by atoms with Crippen molar-refractivity contribution in [2.45, 2.75) is 31.2 Å². The number of thioether (sulfide) groups is 1. The van der Waals surface area contributed by atoms with Gasteiger partial charge < -0.3 is 25.9 Å². The van der Waals surface area contributed by atoms with Gasteiger partial charge in [-0.1, -0.05) is 18.2 Å². The second-order valence-corrected chi connectivity index (χ2v) is 8.96. The number of H-pyrrole nitrogens is 1. The number of carboxylic acids is 1. The van der Waals surface area contributed by atoms with Crippen LogP contribution in [0, 0.1) is 0 Å². The van der Waals surface area contributed by atoms with Gasteiger partial charge in [-0.15, -0.1) is 0 Å². The van der Waals surface area contributed by atoms with E-state index in [1.54, 1.807) is 48.7 Å². The number of anilines is 1. The van der Waals surface area contributed by atoms with Crippen molar-refractivity contribution in [3.63, 3.8) is 0 Å². The number of amides is 3. The van der Waals surface area contributed by atoms with Crippen LogP contribution in [0.2, 0.25) is 0 Å². The molecule has 1 atom stereocenters. The summed E-state index contributed by atoms with van der Waals surface area (Å²) in [6.07, 6.45) is -6.50. The summed E-state index contributed by atoms with van der Waals surface area (Å²) in [5.41, 5.74) is 0.824. The molecule has 0 bridgehead atoms. The first-order valence-corrected chi connectivity index (χ1v) is 12.6. The minimum atomic E-state index is -5.19. The van der Waals surface area contributed by atoms with Crippen LogP contribution in [-0.2, 0) is 19.2 Å². The number of nitrogens with one attached hydrogen (secondary N) is 4. The van der Waals surface area contributed by atoms with Crippen molar-refractivity contribution in [3.8, 4) is 0 Å². The lowest BCUT2D eigenvalue weighted by Gasteiger charge is -2.18.